The number of hydrogen-bond acceptors (Lipinski definition) is 4. The zero-order valence-electron chi connectivity index (χ0n) is 11.0. The second kappa shape index (κ2) is 4.35. The molecule has 1 unspecified atom stereocenters. The van der Waals surface area contributed by atoms with Gasteiger partial charge in [0.15, 0.2) is 0 Å². The molecule has 0 bridgehead atoms. The molecule has 18 heavy (non-hydrogen) atoms. The van der Waals surface area contributed by atoms with Crippen molar-refractivity contribution in [2.24, 2.45) is 5.41 Å². The van der Waals surface area contributed by atoms with Gasteiger partial charge in [0.05, 0.1) is 6.04 Å². The summed E-state index contributed by atoms with van der Waals surface area (Å²) in [7, 11) is 1.97. The van der Waals surface area contributed by atoms with Gasteiger partial charge in [-0.3, -0.25) is 19.8 Å². The molecule has 4 amide bonds. The Morgan fingerprint density at radius 2 is 1.94 bits per heavy atom. The van der Waals surface area contributed by atoms with Crippen molar-refractivity contribution in [1.82, 2.24) is 15.1 Å². The number of imide groups is 2. The summed E-state index contributed by atoms with van der Waals surface area (Å²) in [5, 5.41) is 2.27. The quantitative estimate of drug-likeness (QED) is 0.677. The Kier molecular flexibility index (Phi) is 3.14. The van der Waals surface area contributed by atoms with Crippen LogP contribution < -0.4 is 5.32 Å². The van der Waals surface area contributed by atoms with E-state index in [2.05, 4.69) is 10.2 Å². The largest absolute Gasteiger partial charge is 0.331 e. The summed E-state index contributed by atoms with van der Waals surface area (Å²) >= 11 is 0. The molecule has 0 aromatic heterocycles. The summed E-state index contributed by atoms with van der Waals surface area (Å²) in [4.78, 5) is 39.1. The highest BCUT2D eigenvalue weighted by atomic mass is 16.2. The number of carbonyl (C=O) groups is 3. The van der Waals surface area contributed by atoms with Gasteiger partial charge in [-0.1, -0.05) is 0 Å². The van der Waals surface area contributed by atoms with E-state index in [1.165, 1.54) is 4.90 Å². The van der Waals surface area contributed by atoms with Crippen LogP contribution in [0.3, 0.4) is 0 Å². The molecule has 2 rings (SSSR count). The van der Waals surface area contributed by atoms with Crippen molar-refractivity contribution in [1.29, 1.82) is 0 Å². The molecule has 2 aliphatic rings. The van der Waals surface area contributed by atoms with Crippen LogP contribution in [-0.4, -0.2) is 53.8 Å². The Morgan fingerprint density at radius 1 is 1.28 bits per heavy atom. The van der Waals surface area contributed by atoms with Crippen molar-refractivity contribution in [2.75, 3.05) is 20.1 Å². The fourth-order valence-electron chi connectivity index (χ4n) is 2.49. The minimum atomic E-state index is -1.16. The van der Waals surface area contributed by atoms with Gasteiger partial charge >= 0.3 is 6.03 Å². The number of piperidine rings is 1. The molecule has 0 spiro atoms. The molecule has 6 heteroatoms. The minimum Gasteiger partial charge on any atom is -0.304 e. The highest BCUT2D eigenvalue weighted by Crippen LogP contribution is 2.27. The maximum Gasteiger partial charge on any atom is 0.331 e. The van der Waals surface area contributed by atoms with Crippen LogP contribution in [-0.2, 0) is 9.59 Å². The number of nitrogens with zero attached hydrogens (tertiary/aromatic N) is 2. The zero-order chi connectivity index (χ0) is 13.5. The average Bonchev–Trinajstić information content (AvgIpc) is 2.27. The van der Waals surface area contributed by atoms with Crippen LogP contribution in [0.4, 0.5) is 4.79 Å². The van der Waals surface area contributed by atoms with Crippen LogP contribution in [0.5, 0.6) is 0 Å². The van der Waals surface area contributed by atoms with E-state index in [9.17, 15) is 14.4 Å². The van der Waals surface area contributed by atoms with E-state index in [1.54, 1.807) is 13.8 Å². The Bertz CT molecular complexity index is 405. The van der Waals surface area contributed by atoms with Crippen molar-refractivity contribution >= 4 is 17.8 Å². The number of carbonyl (C=O) groups excluding carboxylic acids is 3. The van der Waals surface area contributed by atoms with E-state index >= 15 is 0 Å². The standard InChI is InChI=1S/C12H19N3O3/c1-12(2)9(16)13-11(18)15(10(12)17)8-5-4-6-14(3)7-8/h8H,4-7H2,1-3H3,(H,13,16,18). The number of likely N-dealkylation sites (N-methyl/N-ethyl adjacent to an activating group) is 1. The normalized spacial score (nSPS) is 29.4. The first-order valence-corrected chi connectivity index (χ1v) is 6.21. The second-order valence-electron chi connectivity index (χ2n) is 5.62. The molecule has 0 radical (unpaired) electrons. The minimum absolute atomic E-state index is 0.136. The zero-order valence-corrected chi connectivity index (χ0v) is 11.0. The molecule has 2 heterocycles. The lowest BCUT2D eigenvalue weighted by Crippen LogP contribution is -2.66. The Morgan fingerprint density at radius 3 is 2.56 bits per heavy atom. The van der Waals surface area contributed by atoms with Crippen molar-refractivity contribution in [2.45, 2.75) is 32.7 Å². The molecule has 2 aliphatic heterocycles. The monoisotopic (exact) mass is 253 g/mol. The van der Waals surface area contributed by atoms with Gasteiger partial charge < -0.3 is 4.90 Å². The van der Waals surface area contributed by atoms with Gasteiger partial charge in [0, 0.05) is 6.54 Å². The lowest BCUT2D eigenvalue weighted by atomic mass is 9.87. The van der Waals surface area contributed by atoms with Crippen LogP contribution in [0.15, 0.2) is 0 Å². The van der Waals surface area contributed by atoms with Crippen LogP contribution in [0.1, 0.15) is 26.7 Å². The molecule has 100 valence electrons. The second-order valence-corrected chi connectivity index (χ2v) is 5.62. The molecule has 0 aromatic carbocycles. The first-order valence-electron chi connectivity index (χ1n) is 6.21. The number of nitrogens with one attached hydrogen (secondary N) is 1. The SMILES string of the molecule is CN1CCCC(N2C(=O)NC(=O)C(C)(C)C2=O)C1. The van der Waals surface area contributed by atoms with Gasteiger partial charge in [-0.15, -0.1) is 0 Å². The predicted molar refractivity (Wildman–Crippen MR) is 64.7 cm³/mol. The number of barbiturate groups is 1. The molecule has 0 aromatic rings. The number of hydrogen-bond donors (Lipinski definition) is 1. The summed E-state index contributed by atoms with van der Waals surface area (Å²) in [5.74, 6) is -0.908. The topological polar surface area (TPSA) is 69.7 Å². The third kappa shape index (κ3) is 2.01. The molecule has 1 N–H and O–H groups in total. The van der Waals surface area contributed by atoms with Gasteiger partial charge in [0.2, 0.25) is 11.8 Å². The van der Waals surface area contributed by atoms with Crippen LogP contribution >= 0.6 is 0 Å². The summed E-state index contributed by atoms with van der Waals surface area (Å²) in [5.41, 5.74) is -1.16. The van der Waals surface area contributed by atoms with Gasteiger partial charge in [0.1, 0.15) is 5.41 Å². The fourth-order valence-corrected chi connectivity index (χ4v) is 2.49. The fraction of sp³-hybridized carbons (Fsp3) is 0.750. The van der Waals surface area contributed by atoms with Gasteiger partial charge in [-0.05, 0) is 40.3 Å². The third-order valence-electron chi connectivity index (χ3n) is 3.73. The summed E-state index contributed by atoms with van der Waals surface area (Å²) in [6.45, 7) is 4.75. The van der Waals surface area contributed by atoms with Crippen molar-refractivity contribution in [3.05, 3.63) is 0 Å². The Balaban J connectivity index is 2.23. The molecular weight excluding hydrogens is 234 g/mol. The first kappa shape index (κ1) is 13.0. The number of rotatable bonds is 1. The summed E-state index contributed by atoms with van der Waals surface area (Å²) in [6, 6.07) is -0.715. The molecule has 0 saturated carbocycles. The van der Waals surface area contributed by atoms with Crippen LogP contribution in [0.2, 0.25) is 0 Å². The van der Waals surface area contributed by atoms with Gasteiger partial charge in [-0.2, -0.15) is 0 Å². The third-order valence-corrected chi connectivity index (χ3v) is 3.73. The molecule has 2 fully saturated rings. The maximum absolute atomic E-state index is 12.3. The molecule has 6 nitrogen and oxygen atoms in total. The number of urea groups is 1. The average molecular weight is 253 g/mol. The highest BCUT2D eigenvalue weighted by molar-refractivity contribution is 6.18. The highest BCUT2D eigenvalue weighted by Gasteiger charge is 2.49. The van der Waals surface area contributed by atoms with Crippen molar-refractivity contribution < 1.29 is 14.4 Å². The number of amides is 4. The van der Waals surface area contributed by atoms with E-state index in [0.717, 1.165) is 19.4 Å². The van der Waals surface area contributed by atoms with Crippen molar-refractivity contribution in [3.63, 3.8) is 0 Å². The van der Waals surface area contributed by atoms with Crippen LogP contribution in [0, 0.1) is 5.41 Å². The van der Waals surface area contributed by atoms with E-state index in [0.29, 0.717) is 6.54 Å². The lowest BCUT2D eigenvalue weighted by molar-refractivity contribution is -0.151. The predicted octanol–water partition coefficient (Wildman–Crippen LogP) is 0.185. The van der Waals surface area contributed by atoms with E-state index in [4.69, 9.17) is 0 Å². The smallest absolute Gasteiger partial charge is 0.304 e. The number of likely N-dealkylation sites (tertiary alicyclic amines) is 1. The molecule has 1 atom stereocenters. The van der Waals surface area contributed by atoms with E-state index in [1.807, 2.05) is 7.05 Å². The van der Waals surface area contributed by atoms with Gasteiger partial charge in [0.25, 0.3) is 0 Å². The lowest BCUT2D eigenvalue weighted by Gasteiger charge is -2.42. The van der Waals surface area contributed by atoms with Crippen LogP contribution in [0.25, 0.3) is 0 Å². The summed E-state index contributed by atoms with van der Waals surface area (Å²) < 4.78 is 0. The van der Waals surface area contributed by atoms with E-state index in [-0.39, 0.29) is 6.04 Å². The maximum atomic E-state index is 12.3. The molecule has 0 aliphatic carbocycles. The molecular formula is C12H19N3O3. The first-order chi connectivity index (χ1) is 8.34. The van der Waals surface area contributed by atoms with Gasteiger partial charge in [-0.25, -0.2) is 4.79 Å². The van der Waals surface area contributed by atoms with E-state index < -0.39 is 23.3 Å². The van der Waals surface area contributed by atoms with Crippen molar-refractivity contribution in [3.8, 4) is 0 Å². The molecule has 2 saturated heterocycles. The summed E-state index contributed by atoms with van der Waals surface area (Å²) in [6.07, 6.45) is 1.75. The Hall–Kier alpha value is -1.43. The Labute approximate surface area is 106 Å².